The Labute approximate surface area is 123 Å². The Morgan fingerprint density at radius 1 is 1.19 bits per heavy atom. The van der Waals surface area contributed by atoms with E-state index in [2.05, 4.69) is 10.3 Å². The van der Waals surface area contributed by atoms with Crippen molar-refractivity contribution < 1.29 is 4.79 Å². The first-order chi connectivity index (χ1) is 10.1. The number of aryl methyl sites for hydroxylation is 2. The Kier molecular flexibility index (Phi) is 3.44. The molecule has 0 atom stereocenters. The molecule has 0 saturated carbocycles. The van der Waals surface area contributed by atoms with Crippen molar-refractivity contribution in [1.82, 2.24) is 14.7 Å². The van der Waals surface area contributed by atoms with Crippen LogP contribution in [0.3, 0.4) is 0 Å². The molecule has 2 aromatic heterocycles. The number of imidazole rings is 1. The molecule has 4 heteroatoms. The van der Waals surface area contributed by atoms with Gasteiger partial charge in [0.15, 0.2) is 0 Å². The van der Waals surface area contributed by atoms with Gasteiger partial charge in [0.05, 0.1) is 12.2 Å². The van der Waals surface area contributed by atoms with Crippen LogP contribution < -0.4 is 5.32 Å². The minimum atomic E-state index is -0.0764. The van der Waals surface area contributed by atoms with Crippen LogP contribution in [0, 0.1) is 13.8 Å². The number of benzene rings is 1. The van der Waals surface area contributed by atoms with Crippen molar-refractivity contribution in [2.75, 3.05) is 0 Å². The third-order valence-corrected chi connectivity index (χ3v) is 3.46. The van der Waals surface area contributed by atoms with Crippen LogP contribution in [0.2, 0.25) is 0 Å². The van der Waals surface area contributed by atoms with Gasteiger partial charge in [-0.1, -0.05) is 23.8 Å². The van der Waals surface area contributed by atoms with Crippen LogP contribution >= 0.6 is 0 Å². The van der Waals surface area contributed by atoms with Gasteiger partial charge in [-0.05, 0) is 38.1 Å². The number of pyridine rings is 1. The average Bonchev–Trinajstić information content (AvgIpc) is 2.89. The maximum atomic E-state index is 12.1. The molecule has 2 heterocycles. The summed E-state index contributed by atoms with van der Waals surface area (Å²) in [6, 6.07) is 13.5. The fourth-order valence-electron chi connectivity index (χ4n) is 2.34. The van der Waals surface area contributed by atoms with Crippen molar-refractivity contribution >= 4 is 11.6 Å². The lowest BCUT2D eigenvalue weighted by molar-refractivity contribution is 0.0950. The van der Waals surface area contributed by atoms with E-state index in [0.29, 0.717) is 12.1 Å². The van der Waals surface area contributed by atoms with Gasteiger partial charge in [-0.25, -0.2) is 4.98 Å². The average molecular weight is 279 g/mol. The van der Waals surface area contributed by atoms with E-state index in [0.717, 1.165) is 22.6 Å². The maximum Gasteiger partial charge on any atom is 0.251 e. The fraction of sp³-hybridized carbons (Fsp3) is 0.176. The SMILES string of the molecule is Cc1cccc(C(=O)NCc2cn3c(C)cccc3n2)c1. The summed E-state index contributed by atoms with van der Waals surface area (Å²) < 4.78 is 2.02. The first kappa shape index (κ1) is 13.4. The number of nitrogens with zero attached hydrogens (tertiary/aromatic N) is 2. The topological polar surface area (TPSA) is 46.4 Å². The second-order valence-electron chi connectivity index (χ2n) is 5.18. The zero-order valence-corrected chi connectivity index (χ0v) is 12.1. The number of hydrogen-bond acceptors (Lipinski definition) is 2. The Morgan fingerprint density at radius 2 is 2.00 bits per heavy atom. The standard InChI is InChI=1S/C17H17N3O/c1-12-5-3-7-14(9-12)17(21)18-10-15-11-20-13(2)6-4-8-16(20)19-15/h3-9,11H,10H2,1-2H3,(H,18,21). The molecule has 0 fully saturated rings. The quantitative estimate of drug-likeness (QED) is 0.801. The number of rotatable bonds is 3. The molecule has 0 radical (unpaired) electrons. The van der Waals surface area contributed by atoms with Gasteiger partial charge >= 0.3 is 0 Å². The van der Waals surface area contributed by atoms with Crippen LogP contribution in [0.15, 0.2) is 48.7 Å². The van der Waals surface area contributed by atoms with Crippen LogP contribution in [-0.4, -0.2) is 15.3 Å². The number of amides is 1. The van der Waals surface area contributed by atoms with Crippen molar-refractivity contribution in [2.45, 2.75) is 20.4 Å². The van der Waals surface area contributed by atoms with Crippen LogP contribution in [0.25, 0.3) is 5.65 Å². The van der Waals surface area contributed by atoms with E-state index < -0.39 is 0 Å². The van der Waals surface area contributed by atoms with Crippen molar-refractivity contribution in [3.8, 4) is 0 Å². The molecule has 0 saturated heterocycles. The smallest absolute Gasteiger partial charge is 0.251 e. The van der Waals surface area contributed by atoms with Crippen LogP contribution in [-0.2, 0) is 6.54 Å². The van der Waals surface area contributed by atoms with Crippen molar-refractivity contribution in [3.05, 3.63) is 71.2 Å². The zero-order chi connectivity index (χ0) is 14.8. The van der Waals surface area contributed by atoms with Gasteiger partial charge < -0.3 is 9.72 Å². The lowest BCUT2D eigenvalue weighted by Gasteiger charge is -2.03. The van der Waals surface area contributed by atoms with E-state index in [9.17, 15) is 4.79 Å². The van der Waals surface area contributed by atoms with Crippen LogP contribution in [0.5, 0.6) is 0 Å². The summed E-state index contributed by atoms with van der Waals surface area (Å²) in [6.45, 7) is 4.43. The molecule has 1 aromatic carbocycles. The highest BCUT2D eigenvalue weighted by molar-refractivity contribution is 5.94. The van der Waals surface area contributed by atoms with Crippen LogP contribution in [0.1, 0.15) is 27.3 Å². The Hall–Kier alpha value is -2.62. The van der Waals surface area contributed by atoms with Gasteiger partial charge in [0.1, 0.15) is 5.65 Å². The van der Waals surface area contributed by atoms with E-state index in [4.69, 9.17) is 0 Å². The lowest BCUT2D eigenvalue weighted by Crippen LogP contribution is -2.22. The molecule has 106 valence electrons. The largest absolute Gasteiger partial charge is 0.346 e. The summed E-state index contributed by atoms with van der Waals surface area (Å²) in [4.78, 5) is 16.6. The van der Waals surface area contributed by atoms with Gasteiger partial charge in [0.2, 0.25) is 0 Å². The van der Waals surface area contributed by atoms with Gasteiger partial charge in [0.25, 0.3) is 5.91 Å². The second-order valence-corrected chi connectivity index (χ2v) is 5.18. The van der Waals surface area contributed by atoms with Gasteiger partial charge in [-0.3, -0.25) is 4.79 Å². The first-order valence-corrected chi connectivity index (χ1v) is 6.92. The summed E-state index contributed by atoms with van der Waals surface area (Å²) in [5.41, 5.74) is 4.62. The minimum Gasteiger partial charge on any atom is -0.346 e. The molecule has 3 rings (SSSR count). The Balaban J connectivity index is 1.74. The molecule has 1 N–H and O–H groups in total. The summed E-state index contributed by atoms with van der Waals surface area (Å²) in [5, 5.41) is 2.91. The number of fused-ring (bicyclic) bond motifs is 1. The van der Waals surface area contributed by atoms with E-state index in [1.54, 1.807) is 0 Å². The molecule has 4 nitrogen and oxygen atoms in total. The van der Waals surface area contributed by atoms with E-state index in [1.807, 2.05) is 66.9 Å². The van der Waals surface area contributed by atoms with Crippen molar-refractivity contribution in [2.24, 2.45) is 0 Å². The fourth-order valence-corrected chi connectivity index (χ4v) is 2.34. The number of hydrogen-bond donors (Lipinski definition) is 1. The number of carbonyl (C=O) groups excluding carboxylic acids is 1. The van der Waals surface area contributed by atoms with E-state index in [1.165, 1.54) is 0 Å². The third kappa shape index (κ3) is 2.79. The molecule has 0 spiro atoms. The number of aromatic nitrogens is 2. The molecule has 0 aliphatic rings. The zero-order valence-electron chi connectivity index (χ0n) is 12.1. The molecule has 0 bridgehead atoms. The van der Waals surface area contributed by atoms with Crippen molar-refractivity contribution in [3.63, 3.8) is 0 Å². The molecule has 0 unspecified atom stereocenters. The Morgan fingerprint density at radius 3 is 2.76 bits per heavy atom. The molecule has 0 aliphatic heterocycles. The molecule has 1 amide bonds. The molecule has 0 aliphatic carbocycles. The maximum absolute atomic E-state index is 12.1. The summed E-state index contributed by atoms with van der Waals surface area (Å²) in [7, 11) is 0. The highest BCUT2D eigenvalue weighted by atomic mass is 16.1. The van der Waals surface area contributed by atoms with E-state index in [-0.39, 0.29) is 5.91 Å². The summed E-state index contributed by atoms with van der Waals surface area (Å²) in [5.74, 6) is -0.0764. The monoisotopic (exact) mass is 279 g/mol. The third-order valence-electron chi connectivity index (χ3n) is 3.46. The lowest BCUT2D eigenvalue weighted by atomic mass is 10.1. The molecule has 21 heavy (non-hydrogen) atoms. The highest BCUT2D eigenvalue weighted by Crippen LogP contribution is 2.09. The van der Waals surface area contributed by atoms with Crippen molar-refractivity contribution in [1.29, 1.82) is 0 Å². The number of nitrogens with one attached hydrogen (secondary N) is 1. The van der Waals surface area contributed by atoms with E-state index >= 15 is 0 Å². The first-order valence-electron chi connectivity index (χ1n) is 6.92. The molecular weight excluding hydrogens is 262 g/mol. The highest BCUT2D eigenvalue weighted by Gasteiger charge is 2.07. The van der Waals surface area contributed by atoms with Gasteiger partial charge in [0, 0.05) is 17.5 Å². The minimum absolute atomic E-state index is 0.0764. The molecule has 3 aromatic rings. The van der Waals surface area contributed by atoms with Gasteiger partial charge in [-0.2, -0.15) is 0 Å². The molecular formula is C17H17N3O. The predicted molar refractivity (Wildman–Crippen MR) is 82.3 cm³/mol. The predicted octanol–water partition coefficient (Wildman–Crippen LogP) is 2.88. The summed E-state index contributed by atoms with van der Waals surface area (Å²) >= 11 is 0. The Bertz CT molecular complexity index is 805. The van der Waals surface area contributed by atoms with Gasteiger partial charge in [-0.15, -0.1) is 0 Å². The number of carbonyl (C=O) groups is 1. The summed E-state index contributed by atoms with van der Waals surface area (Å²) in [6.07, 6.45) is 1.96. The normalized spacial score (nSPS) is 10.8. The second kappa shape index (κ2) is 5.40. The van der Waals surface area contributed by atoms with Crippen LogP contribution in [0.4, 0.5) is 0 Å².